The van der Waals surface area contributed by atoms with E-state index in [2.05, 4.69) is 9.71 Å². The van der Waals surface area contributed by atoms with Crippen molar-refractivity contribution in [1.82, 2.24) is 9.71 Å². The Morgan fingerprint density at radius 3 is 2.61 bits per heavy atom. The van der Waals surface area contributed by atoms with E-state index in [0.717, 1.165) is 10.9 Å². The minimum Gasteiger partial charge on any atom is -0.481 e. The number of hydrogen-bond donors (Lipinski definition) is 2. The molecule has 1 aromatic heterocycles. The van der Waals surface area contributed by atoms with E-state index in [4.69, 9.17) is 5.11 Å². The van der Waals surface area contributed by atoms with Crippen LogP contribution in [0.15, 0.2) is 41.4 Å². The van der Waals surface area contributed by atoms with Crippen LogP contribution in [0.3, 0.4) is 0 Å². The van der Waals surface area contributed by atoms with Gasteiger partial charge in [0, 0.05) is 17.6 Å². The summed E-state index contributed by atoms with van der Waals surface area (Å²) in [6.45, 7) is 0. The lowest BCUT2D eigenvalue weighted by molar-refractivity contribution is -0.142. The Morgan fingerprint density at radius 1 is 1.17 bits per heavy atom. The second-order valence-electron chi connectivity index (χ2n) is 5.87. The second-order valence-corrected chi connectivity index (χ2v) is 7.58. The Labute approximate surface area is 134 Å². The third kappa shape index (κ3) is 3.51. The van der Waals surface area contributed by atoms with Crippen molar-refractivity contribution < 1.29 is 18.3 Å². The molecule has 2 aromatic rings. The van der Waals surface area contributed by atoms with Gasteiger partial charge in [-0.05, 0) is 49.9 Å². The van der Waals surface area contributed by atoms with Gasteiger partial charge in [-0.25, -0.2) is 13.1 Å². The first-order valence-corrected chi connectivity index (χ1v) is 9.04. The quantitative estimate of drug-likeness (QED) is 0.893. The smallest absolute Gasteiger partial charge is 0.306 e. The average Bonchev–Trinajstić information content (AvgIpc) is 2.54. The minimum atomic E-state index is -3.61. The van der Waals surface area contributed by atoms with Gasteiger partial charge in [0.1, 0.15) is 0 Å². The van der Waals surface area contributed by atoms with Crippen molar-refractivity contribution in [1.29, 1.82) is 0 Å². The SMILES string of the molecule is O=C(O)C1CCC(NS(=O)(=O)c2ccc3ncccc3c2)CC1. The van der Waals surface area contributed by atoms with Crippen molar-refractivity contribution in [3.8, 4) is 0 Å². The molecule has 0 radical (unpaired) electrons. The van der Waals surface area contributed by atoms with E-state index in [1.807, 2.05) is 6.07 Å². The van der Waals surface area contributed by atoms with Crippen LogP contribution < -0.4 is 4.72 Å². The summed E-state index contributed by atoms with van der Waals surface area (Å²) in [5.41, 5.74) is 0.744. The third-order valence-corrected chi connectivity index (χ3v) is 5.80. The van der Waals surface area contributed by atoms with E-state index in [-0.39, 0.29) is 16.9 Å². The van der Waals surface area contributed by atoms with Crippen molar-refractivity contribution in [3.05, 3.63) is 36.5 Å². The van der Waals surface area contributed by atoms with Crippen LogP contribution in [0.4, 0.5) is 0 Å². The van der Waals surface area contributed by atoms with E-state index >= 15 is 0 Å². The van der Waals surface area contributed by atoms with Gasteiger partial charge in [0.25, 0.3) is 0 Å². The number of nitrogens with zero attached hydrogens (tertiary/aromatic N) is 1. The number of aromatic nitrogens is 1. The fourth-order valence-corrected chi connectivity index (χ4v) is 4.31. The fourth-order valence-electron chi connectivity index (χ4n) is 2.97. The molecule has 1 aliphatic carbocycles. The Bertz CT molecular complexity index is 827. The van der Waals surface area contributed by atoms with Gasteiger partial charge in [-0.3, -0.25) is 9.78 Å². The number of hydrogen-bond acceptors (Lipinski definition) is 4. The minimum absolute atomic E-state index is 0.207. The molecule has 0 unspecified atom stereocenters. The Kier molecular flexibility index (Phi) is 4.32. The molecule has 1 aliphatic rings. The van der Waals surface area contributed by atoms with Gasteiger partial charge in [-0.2, -0.15) is 0 Å². The zero-order valence-electron chi connectivity index (χ0n) is 12.5. The highest BCUT2D eigenvalue weighted by Gasteiger charge is 2.28. The number of carboxylic acid groups (broad SMARTS) is 1. The summed E-state index contributed by atoms with van der Waals surface area (Å²) in [7, 11) is -3.61. The molecule has 0 saturated heterocycles. The van der Waals surface area contributed by atoms with Crippen LogP contribution in [0.5, 0.6) is 0 Å². The van der Waals surface area contributed by atoms with E-state index < -0.39 is 16.0 Å². The van der Waals surface area contributed by atoms with Gasteiger partial charge >= 0.3 is 5.97 Å². The van der Waals surface area contributed by atoms with Gasteiger partial charge in [0.2, 0.25) is 10.0 Å². The molecule has 23 heavy (non-hydrogen) atoms. The summed E-state index contributed by atoms with van der Waals surface area (Å²) < 4.78 is 27.7. The Morgan fingerprint density at radius 2 is 1.91 bits per heavy atom. The molecule has 7 heteroatoms. The third-order valence-electron chi connectivity index (χ3n) is 4.28. The van der Waals surface area contributed by atoms with Crippen LogP contribution in [0.2, 0.25) is 0 Å². The number of sulfonamides is 1. The van der Waals surface area contributed by atoms with E-state index in [1.54, 1.807) is 30.5 Å². The lowest BCUT2D eigenvalue weighted by Crippen LogP contribution is -2.38. The average molecular weight is 334 g/mol. The lowest BCUT2D eigenvalue weighted by Gasteiger charge is -2.26. The van der Waals surface area contributed by atoms with E-state index in [0.29, 0.717) is 25.7 Å². The van der Waals surface area contributed by atoms with Gasteiger partial charge in [-0.1, -0.05) is 6.07 Å². The largest absolute Gasteiger partial charge is 0.481 e. The molecule has 2 N–H and O–H groups in total. The number of carbonyl (C=O) groups is 1. The molecule has 1 saturated carbocycles. The normalized spacial score (nSPS) is 22.1. The Balaban J connectivity index is 1.74. The number of rotatable bonds is 4. The van der Waals surface area contributed by atoms with Crippen LogP contribution in [0, 0.1) is 5.92 Å². The van der Waals surface area contributed by atoms with Crippen LogP contribution in [0.1, 0.15) is 25.7 Å². The molecule has 0 spiro atoms. The summed E-state index contributed by atoms with van der Waals surface area (Å²) in [4.78, 5) is 15.3. The second kappa shape index (κ2) is 6.25. The van der Waals surface area contributed by atoms with Gasteiger partial charge < -0.3 is 5.11 Å². The molecule has 1 aromatic carbocycles. The summed E-state index contributed by atoms with van der Waals surface area (Å²) in [6.07, 6.45) is 3.76. The topological polar surface area (TPSA) is 96.4 Å². The van der Waals surface area contributed by atoms with Crippen LogP contribution in [0.25, 0.3) is 10.9 Å². The highest BCUT2D eigenvalue weighted by atomic mass is 32.2. The van der Waals surface area contributed by atoms with Crippen LogP contribution in [-0.4, -0.2) is 30.5 Å². The summed E-state index contributed by atoms with van der Waals surface area (Å²) in [6, 6.07) is 8.21. The van der Waals surface area contributed by atoms with Crippen molar-refractivity contribution in [2.45, 2.75) is 36.6 Å². The molecular weight excluding hydrogens is 316 g/mol. The molecule has 122 valence electrons. The monoisotopic (exact) mass is 334 g/mol. The number of nitrogens with one attached hydrogen (secondary N) is 1. The van der Waals surface area contributed by atoms with Gasteiger partial charge in [0.05, 0.1) is 16.3 Å². The molecule has 0 atom stereocenters. The highest BCUT2D eigenvalue weighted by molar-refractivity contribution is 7.89. The molecular formula is C16H18N2O4S. The van der Waals surface area contributed by atoms with Crippen LogP contribution in [-0.2, 0) is 14.8 Å². The van der Waals surface area contributed by atoms with Gasteiger partial charge in [0.15, 0.2) is 0 Å². The molecule has 0 amide bonds. The maximum absolute atomic E-state index is 12.5. The predicted molar refractivity (Wildman–Crippen MR) is 85.4 cm³/mol. The van der Waals surface area contributed by atoms with Crippen molar-refractivity contribution in [3.63, 3.8) is 0 Å². The first-order chi connectivity index (χ1) is 11.0. The summed E-state index contributed by atoms with van der Waals surface area (Å²) in [5, 5.41) is 9.76. The number of fused-ring (bicyclic) bond motifs is 1. The number of benzene rings is 1. The first-order valence-electron chi connectivity index (χ1n) is 7.55. The maximum atomic E-state index is 12.5. The van der Waals surface area contributed by atoms with E-state index in [1.165, 1.54) is 0 Å². The molecule has 1 fully saturated rings. The Hall–Kier alpha value is -1.99. The first kappa shape index (κ1) is 15.9. The fraction of sp³-hybridized carbons (Fsp3) is 0.375. The number of carboxylic acids is 1. The number of pyridine rings is 1. The predicted octanol–water partition coefficient (Wildman–Crippen LogP) is 2.16. The molecule has 0 aliphatic heterocycles. The highest BCUT2D eigenvalue weighted by Crippen LogP contribution is 2.26. The summed E-state index contributed by atoms with van der Waals surface area (Å²) >= 11 is 0. The summed E-state index contributed by atoms with van der Waals surface area (Å²) in [5.74, 6) is -1.16. The van der Waals surface area contributed by atoms with Crippen molar-refractivity contribution >= 4 is 26.9 Å². The standard InChI is InChI=1S/C16H18N2O4S/c19-16(20)11-3-5-13(6-4-11)18-23(21,22)14-7-8-15-12(10-14)2-1-9-17-15/h1-2,7-11,13,18H,3-6H2,(H,19,20). The van der Waals surface area contributed by atoms with E-state index in [9.17, 15) is 13.2 Å². The van der Waals surface area contributed by atoms with Crippen molar-refractivity contribution in [2.75, 3.05) is 0 Å². The van der Waals surface area contributed by atoms with Crippen molar-refractivity contribution in [2.24, 2.45) is 5.92 Å². The molecule has 1 heterocycles. The maximum Gasteiger partial charge on any atom is 0.306 e. The zero-order chi connectivity index (χ0) is 16.4. The zero-order valence-corrected chi connectivity index (χ0v) is 13.3. The lowest BCUT2D eigenvalue weighted by atomic mass is 9.87. The molecule has 3 rings (SSSR count). The van der Waals surface area contributed by atoms with Gasteiger partial charge in [-0.15, -0.1) is 0 Å². The number of aliphatic carboxylic acids is 1. The van der Waals surface area contributed by atoms with Crippen LogP contribution >= 0.6 is 0 Å². The molecule has 6 nitrogen and oxygen atoms in total. The molecule has 0 bridgehead atoms.